The third kappa shape index (κ3) is 2.77. The minimum absolute atomic E-state index is 0.164. The molecule has 0 spiro atoms. The molecule has 0 saturated carbocycles. The summed E-state index contributed by atoms with van der Waals surface area (Å²) in [6.45, 7) is 4.06. The maximum atomic E-state index is 11.6. The van der Waals surface area contributed by atoms with Gasteiger partial charge in [0, 0.05) is 0 Å². The molecule has 0 bridgehead atoms. The fourth-order valence-corrected chi connectivity index (χ4v) is 2.57. The van der Waals surface area contributed by atoms with Crippen LogP contribution in [0.3, 0.4) is 0 Å². The molecule has 1 aliphatic carbocycles. The van der Waals surface area contributed by atoms with Gasteiger partial charge in [-0.25, -0.2) is 0 Å². The smallest absolute Gasteiger partial charge is 0.312 e. The standard InChI is InChI=1S/C17H20O3/c1-11-9-14(17(18)20-4)5-7-15(11)13-6-8-16(19-3)12(2)10-13/h6-10,14H,5H2,1-4H3. The van der Waals surface area contributed by atoms with Crippen LogP contribution in [0.25, 0.3) is 5.57 Å². The quantitative estimate of drug-likeness (QED) is 0.790. The van der Waals surface area contributed by atoms with E-state index in [1.807, 2.05) is 32.1 Å². The van der Waals surface area contributed by atoms with E-state index in [0.717, 1.165) is 22.4 Å². The molecule has 1 unspecified atom stereocenters. The number of rotatable bonds is 3. The number of hydrogen-bond acceptors (Lipinski definition) is 3. The first-order valence-corrected chi connectivity index (χ1v) is 6.68. The van der Waals surface area contributed by atoms with E-state index in [2.05, 4.69) is 12.1 Å². The van der Waals surface area contributed by atoms with Gasteiger partial charge >= 0.3 is 5.97 Å². The second kappa shape index (κ2) is 5.95. The maximum Gasteiger partial charge on any atom is 0.312 e. The average Bonchev–Trinajstić information content (AvgIpc) is 2.46. The summed E-state index contributed by atoms with van der Waals surface area (Å²) in [4.78, 5) is 11.6. The number of hydrogen-bond donors (Lipinski definition) is 0. The van der Waals surface area contributed by atoms with Crippen LogP contribution in [-0.2, 0) is 9.53 Å². The molecule has 0 radical (unpaired) electrons. The van der Waals surface area contributed by atoms with Crippen molar-refractivity contribution in [2.45, 2.75) is 20.3 Å². The van der Waals surface area contributed by atoms with E-state index in [-0.39, 0.29) is 11.9 Å². The number of aryl methyl sites for hydroxylation is 1. The second-order valence-electron chi connectivity index (χ2n) is 5.02. The van der Waals surface area contributed by atoms with Crippen molar-refractivity contribution in [1.82, 2.24) is 0 Å². The molecule has 2 rings (SSSR count). The van der Waals surface area contributed by atoms with Crippen LogP contribution in [0, 0.1) is 12.8 Å². The number of esters is 1. The van der Waals surface area contributed by atoms with Gasteiger partial charge in [-0.15, -0.1) is 0 Å². The SMILES string of the molecule is COC(=O)C1C=C(C)C(c2ccc(OC)c(C)c2)=CC1. The first-order valence-electron chi connectivity index (χ1n) is 6.68. The highest BCUT2D eigenvalue weighted by atomic mass is 16.5. The average molecular weight is 272 g/mol. The topological polar surface area (TPSA) is 35.5 Å². The molecule has 0 N–H and O–H groups in total. The molecular weight excluding hydrogens is 252 g/mol. The maximum absolute atomic E-state index is 11.6. The molecule has 3 nitrogen and oxygen atoms in total. The fourth-order valence-electron chi connectivity index (χ4n) is 2.57. The van der Waals surface area contributed by atoms with Crippen molar-refractivity contribution < 1.29 is 14.3 Å². The lowest BCUT2D eigenvalue weighted by Crippen LogP contribution is -2.16. The van der Waals surface area contributed by atoms with Gasteiger partial charge in [0.15, 0.2) is 0 Å². The minimum atomic E-state index is -0.175. The second-order valence-corrected chi connectivity index (χ2v) is 5.02. The highest BCUT2D eigenvalue weighted by Gasteiger charge is 2.21. The van der Waals surface area contributed by atoms with Crippen LogP contribution >= 0.6 is 0 Å². The van der Waals surface area contributed by atoms with E-state index >= 15 is 0 Å². The summed E-state index contributed by atoms with van der Waals surface area (Å²) in [6.07, 6.45) is 4.78. The van der Waals surface area contributed by atoms with Gasteiger partial charge in [0.1, 0.15) is 5.75 Å². The van der Waals surface area contributed by atoms with Crippen molar-refractivity contribution in [3.8, 4) is 5.75 Å². The molecule has 3 heteroatoms. The first-order chi connectivity index (χ1) is 9.56. The van der Waals surface area contributed by atoms with Crippen LogP contribution in [0.4, 0.5) is 0 Å². The molecule has 0 saturated heterocycles. The van der Waals surface area contributed by atoms with Gasteiger partial charge in [-0.3, -0.25) is 4.79 Å². The monoisotopic (exact) mass is 272 g/mol. The van der Waals surface area contributed by atoms with Crippen LogP contribution < -0.4 is 4.74 Å². The van der Waals surface area contributed by atoms with Gasteiger partial charge in [-0.2, -0.15) is 0 Å². The zero-order valence-electron chi connectivity index (χ0n) is 12.4. The number of carbonyl (C=O) groups is 1. The predicted molar refractivity (Wildman–Crippen MR) is 79.6 cm³/mol. The van der Waals surface area contributed by atoms with Crippen molar-refractivity contribution in [3.05, 3.63) is 47.1 Å². The summed E-state index contributed by atoms with van der Waals surface area (Å²) in [7, 11) is 3.10. The Kier molecular flexibility index (Phi) is 4.28. The molecule has 1 atom stereocenters. The lowest BCUT2D eigenvalue weighted by Gasteiger charge is -2.19. The lowest BCUT2D eigenvalue weighted by atomic mass is 9.87. The summed E-state index contributed by atoms with van der Waals surface area (Å²) >= 11 is 0. The number of allylic oxidation sites excluding steroid dienone is 3. The van der Waals surface area contributed by atoms with Crippen molar-refractivity contribution in [2.75, 3.05) is 14.2 Å². The Morgan fingerprint density at radius 3 is 2.55 bits per heavy atom. The van der Waals surface area contributed by atoms with Gasteiger partial charge < -0.3 is 9.47 Å². The largest absolute Gasteiger partial charge is 0.496 e. The number of ether oxygens (including phenoxy) is 2. The molecule has 0 amide bonds. The first kappa shape index (κ1) is 14.4. The van der Waals surface area contributed by atoms with Crippen LogP contribution in [0.5, 0.6) is 5.75 Å². The van der Waals surface area contributed by atoms with E-state index in [1.54, 1.807) is 7.11 Å². The van der Waals surface area contributed by atoms with Gasteiger partial charge in [0.2, 0.25) is 0 Å². The number of methoxy groups -OCH3 is 2. The Bertz CT molecular complexity index is 582. The summed E-state index contributed by atoms with van der Waals surface area (Å²) < 4.78 is 10.1. The highest BCUT2D eigenvalue weighted by molar-refractivity contribution is 5.84. The Morgan fingerprint density at radius 2 is 2.00 bits per heavy atom. The van der Waals surface area contributed by atoms with Crippen molar-refractivity contribution in [2.24, 2.45) is 5.92 Å². The van der Waals surface area contributed by atoms with E-state index < -0.39 is 0 Å². The van der Waals surface area contributed by atoms with E-state index in [0.29, 0.717) is 6.42 Å². The lowest BCUT2D eigenvalue weighted by molar-refractivity contribution is -0.143. The molecule has 0 heterocycles. The molecule has 1 aromatic carbocycles. The van der Waals surface area contributed by atoms with Crippen molar-refractivity contribution in [1.29, 1.82) is 0 Å². The van der Waals surface area contributed by atoms with Crippen molar-refractivity contribution in [3.63, 3.8) is 0 Å². The van der Waals surface area contributed by atoms with Gasteiger partial charge in [0.05, 0.1) is 20.1 Å². The Labute approximate surface area is 119 Å². The Balaban J connectivity index is 2.27. The molecule has 0 fully saturated rings. The summed E-state index contributed by atoms with van der Waals surface area (Å²) in [6, 6.07) is 6.14. The Hall–Kier alpha value is -2.03. The van der Waals surface area contributed by atoms with E-state index in [4.69, 9.17) is 9.47 Å². The van der Waals surface area contributed by atoms with Crippen LogP contribution in [0.1, 0.15) is 24.5 Å². The third-order valence-electron chi connectivity index (χ3n) is 3.66. The predicted octanol–water partition coefficient (Wildman–Crippen LogP) is 3.53. The summed E-state index contributed by atoms with van der Waals surface area (Å²) in [5, 5.41) is 0. The Morgan fingerprint density at radius 1 is 1.25 bits per heavy atom. The third-order valence-corrected chi connectivity index (χ3v) is 3.66. The van der Waals surface area contributed by atoms with Crippen LogP contribution in [0.15, 0.2) is 35.9 Å². The molecule has 0 aliphatic heterocycles. The van der Waals surface area contributed by atoms with E-state index in [9.17, 15) is 4.79 Å². The van der Waals surface area contributed by atoms with Crippen LogP contribution in [0.2, 0.25) is 0 Å². The van der Waals surface area contributed by atoms with E-state index in [1.165, 1.54) is 12.7 Å². The number of benzene rings is 1. The molecule has 1 aromatic rings. The summed E-state index contributed by atoms with van der Waals surface area (Å²) in [5.74, 6) is 0.549. The molecular formula is C17H20O3. The van der Waals surface area contributed by atoms with Gasteiger partial charge in [-0.05, 0) is 54.7 Å². The molecule has 0 aromatic heterocycles. The van der Waals surface area contributed by atoms with Crippen molar-refractivity contribution >= 4 is 11.5 Å². The zero-order chi connectivity index (χ0) is 14.7. The summed E-state index contributed by atoms with van der Waals surface area (Å²) in [5.41, 5.74) is 4.54. The van der Waals surface area contributed by atoms with Gasteiger partial charge in [0.25, 0.3) is 0 Å². The highest BCUT2D eigenvalue weighted by Crippen LogP contribution is 2.32. The molecule has 106 valence electrons. The van der Waals surface area contributed by atoms with Gasteiger partial charge in [-0.1, -0.05) is 18.2 Å². The van der Waals surface area contributed by atoms with Crippen LogP contribution in [-0.4, -0.2) is 20.2 Å². The zero-order valence-corrected chi connectivity index (χ0v) is 12.4. The number of carbonyl (C=O) groups excluding carboxylic acids is 1. The normalized spacial score (nSPS) is 18.1. The molecule has 20 heavy (non-hydrogen) atoms. The fraction of sp³-hybridized carbons (Fsp3) is 0.353. The minimum Gasteiger partial charge on any atom is -0.496 e. The molecule has 1 aliphatic rings.